The Hall–Kier alpha value is -2.34. The molecule has 3 N–H and O–H groups in total. The molecular formula is C15H18N2O4. The molecule has 2 aromatic rings. The number of nitrogens with one attached hydrogen (secondary N) is 1. The first-order valence-electron chi connectivity index (χ1n) is 6.67. The first-order valence-corrected chi connectivity index (χ1v) is 6.67. The summed E-state index contributed by atoms with van der Waals surface area (Å²) in [6.07, 6.45) is 2.15. The number of ether oxygens (including phenoxy) is 2. The zero-order chi connectivity index (χ0) is 15.4. The minimum atomic E-state index is -0.704. The molecule has 0 aliphatic heterocycles. The van der Waals surface area contributed by atoms with Crippen LogP contribution in [0, 0.1) is 0 Å². The number of carbonyl (C=O) groups is 2. The summed E-state index contributed by atoms with van der Waals surface area (Å²) in [5, 5.41) is 0.919. The highest BCUT2D eigenvalue weighted by Crippen LogP contribution is 2.21. The standard InChI is InChI=1S/C15H18N2O4/c1-3-21-15(19)12(16)6-10-8-17-13-7-9(14(18)20-2)4-5-11(10)13/h4-5,7-8,12,17H,3,6,16H2,1-2H3. The summed E-state index contributed by atoms with van der Waals surface area (Å²) in [5.74, 6) is -0.811. The van der Waals surface area contributed by atoms with Gasteiger partial charge in [0.05, 0.1) is 19.3 Å². The van der Waals surface area contributed by atoms with Gasteiger partial charge in [0.15, 0.2) is 0 Å². The Morgan fingerprint density at radius 2 is 2.14 bits per heavy atom. The largest absolute Gasteiger partial charge is 0.465 e. The lowest BCUT2D eigenvalue weighted by atomic mass is 10.0. The normalized spacial score (nSPS) is 12.1. The van der Waals surface area contributed by atoms with Crippen LogP contribution >= 0.6 is 0 Å². The molecule has 0 bridgehead atoms. The number of hydrogen-bond acceptors (Lipinski definition) is 5. The van der Waals surface area contributed by atoms with Crippen LogP contribution in [0.5, 0.6) is 0 Å². The minimum absolute atomic E-state index is 0.308. The lowest BCUT2D eigenvalue weighted by Crippen LogP contribution is -2.34. The topological polar surface area (TPSA) is 94.4 Å². The number of fused-ring (bicyclic) bond motifs is 1. The van der Waals surface area contributed by atoms with Crippen LogP contribution < -0.4 is 5.73 Å². The van der Waals surface area contributed by atoms with Gasteiger partial charge in [-0.15, -0.1) is 0 Å². The molecule has 1 aromatic heterocycles. The van der Waals surface area contributed by atoms with E-state index in [4.69, 9.17) is 10.5 Å². The second kappa shape index (κ2) is 6.41. The van der Waals surface area contributed by atoms with Crippen LogP contribution in [0.4, 0.5) is 0 Å². The summed E-state index contributed by atoms with van der Waals surface area (Å²) in [5.41, 5.74) is 7.99. The molecule has 0 radical (unpaired) electrons. The zero-order valence-electron chi connectivity index (χ0n) is 12.0. The molecule has 6 heteroatoms. The van der Waals surface area contributed by atoms with Gasteiger partial charge in [0.1, 0.15) is 6.04 Å². The Bertz CT molecular complexity index is 663. The van der Waals surface area contributed by atoms with Crippen molar-refractivity contribution in [2.75, 3.05) is 13.7 Å². The summed E-state index contributed by atoms with van der Waals surface area (Å²) < 4.78 is 9.58. The van der Waals surface area contributed by atoms with Crippen molar-refractivity contribution in [1.29, 1.82) is 0 Å². The van der Waals surface area contributed by atoms with Crippen LogP contribution in [0.25, 0.3) is 10.9 Å². The predicted octanol–water partition coefficient (Wildman–Crippen LogP) is 1.39. The first-order chi connectivity index (χ1) is 10.1. The molecule has 112 valence electrons. The fourth-order valence-electron chi connectivity index (χ4n) is 2.17. The Balaban J connectivity index is 2.22. The molecule has 0 spiro atoms. The van der Waals surface area contributed by atoms with E-state index in [1.807, 2.05) is 6.07 Å². The molecule has 0 fully saturated rings. The van der Waals surface area contributed by atoms with Crippen molar-refractivity contribution < 1.29 is 19.1 Å². The molecule has 1 aromatic carbocycles. The van der Waals surface area contributed by atoms with Crippen LogP contribution in [-0.2, 0) is 20.7 Å². The van der Waals surface area contributed by atoms with Gasteiger partial charge < -0.3 is 20.2 Å². The second-order valence-corrected chi connectivity index (χ2v) is 4.63. The third-order valence-electron chi connectivity index (χ3n) is 3.22. The summed E-state index contributed by atoms with van der Waals surface area (Å²) in [7, 11) is 1.34. The van der Waals surface area contributed by atoms with Gasteiger partial charge in [-0.05, 0) is 24.6 Å². The van der Waals surface area contributed by atoms with Crippen LogP contribution in [0.15, 0.2) is 24.4 Å². The minimum Gasteiger partial charge on any atom is -0.465 e. The van der Waals surface area contributed by atoms with Gasteiger partial charge in [-0.3, -0.25) is 4.79 Å². The number of carbonyl (C=O) groups excluding carboxylic acids is 2. The van der Waals surface area contributed by atoms with Crippen molar-refractivity contribution in [2.24, 2.45) is 5.73 Å². The highest BCUT2D eigenvalue weighted by molar-refractivity contribution is 5.95. The number of aromatic amines is 1. The van der Waals surface area contributed by atoms with E-state index in [0.717, 1.165) is 16.5 Å². The third kappa shape index (κ3) is 3.22. The average Bonchev–Trinajstić information content (AvgIpc) is 2.88. The number of aromatic nitrogens is 1. The van der Waals surface area contributed by atoms with Gasteiger partial charge in [0.2, 0.25) is 0 Å². The summed E-state index contributed by atoms with van der Waals surface area (Å²) in [6, 6.07) is 4.50. The molecule has 0 saturated carbocycles. The Morgan fingerprint density at radius 3 is 2.81 bits per heavy atom. The van der Waals surface area contributed by atoms with E-state index in [9.17, 15) is 9.59 Å². The molecule has 0 aliphatic carbocycles. The number of esters is 2. The van der Waals surface area contributed by atoms with Crippen LogP contribution in [-0.4, -0.2) is 36.7 Å². The first kappa shape index (κ1) is 15.1. The van der Waals surface area contributed by atoms with E-state index in [2.05, 4.69) is 9.72 Å². The smallest absolute Gasteiger partial charge is 0.337 e. The van der Waals surface area contributed by atoms with Crippen molar-refractivity contribution in [3.05, 3.63) is 35.5 Å². The quantitative estimate of drug-likeness (QED) is 0.811. The van der Waals surface area contributed by atoms with Crippen molar-refractivity contribution in [2.45, 2.75) is 19.4 Å². The molecule has 1 heterocycles. The summed E-state index contributed by atoms with van der Waals surface area (Å²) in [4.78, 5) is 26.1. The van der Waals surface area contributed by atoms with Crippen molar-refractivity contribution in [3.63, 3.8) is 0 Å². The van der Waals surface area contributed by atoms with Gasteiger partial charge in [-0.25, -0.2) is 4.79 Å². The van der Waals surface area contributed by atoms with E-state index in [1.165, 1.54) is 7.11 Å². The van der Waals surface area contributed by atoms with Gasteiger partial charge in [-0.2, -0.15) is 0 Å². The van der Waals surface area contributed by atoms with Gasteiger partial charge in [-0.1, -0.05) is 6.07 Å². The lowest BCUT2D eigenvalue weighted by molar-refractivity contribution is -0.144. The molecule has 6 nitrogen and oxygen atoms in total. The summed E-state index contributed by atoms with van der Waals surface area (Å²) >= 11 is 0. The monoisotopic (exact) mass is 290 g/mol. The second-order valence-electron chi connectivity index (χ2n) is 4.63. The molecule has 2 rings (SSSR count). The fourth-order valence-corrected chi connectivity index (χ4v) is 2.17. The van der Waals surface area contributed by atoms with Crippen molar-refractivity contribution in [1.82, 2.24) is 4.98 Å². The van der Waals surface area contributed by atoms with Gasteiger partial charge >= 0.3 is 11.9 Å². The molecule has 0 amide bonds. The maximum Gasteiger partial charge on any atom is 0.337 e. The highest BCUT2D eigenvalue weighted by atomic mass is 16.5. The Labute approximate surface area is 122 Å². The Kier molecular flexibility index (Phi) is 4.59. The fraction of sp³-hybridized carbons (Fsp3) is 0.333. The number of hydrogen-bond donors (Lipinski definition) is 2. The number of rotatable bonds is 5. The number of benzene rings is 1. The molecular weight excluding hydrogens is 272 g/mol. The number of nitrogens with two attached hydrogens (primary N) is 1. The van der Waals surface area contributed by atoms with Crippen LogP contribution in [0.1, 0.15) is 22.8 Å². The average molecular weight is 290 g/mol. The van der Waals surface area contributed by atoms with Crippen molar-refractivity contribution in [3.8, 4) is 0 Å². The number of methoxy groups -OCH3 is 1. The van der Waals surface area contributed by atoms with Crippen LogP contribution in [0.2, 0.25) is 0 Å². The van der Waals surface area contributed by atoms with E-state index >= 15 is 0 Å². The predicted molar refractivity (Wildman–Crippen MR) is 78.0 cm³/mol. The SMILES string of the molecule is CCOC(=O)C(N)Cc1c[nH]c2cc(C(=O)OC)ccc12. The maximum atomic E-state index is 11.6. The van der Waals surface area contributed by atoms with E-state index in [-0.39, 0.29) is 0 Å². The molecule has 21 heavy (non-hydrogen) atoms. The molecule has 0 aliphatic rings. The highest BCUT2D eigenvalue weighted by Gasteiger charge is 2.17. The van der Waals surface area contributed by atoms with Gasteiger partial charge in [0.25, 0.3) is 0 Å². The molecule has 1 atom stereocenters. The van der Waals surface area contributed by atoms with Crippen molar-refractivity contribution >= 4 is 22.8 Å². The van der Waals surface area contributed by atoms with Gasteiger partial charge in [0, 0.05) is 23.5 Å². The molecule has 1 unspecified atom stereocenters. The van der Waals surface area contributed by atoms with E-state index in [1.54, 1.807) is 25.3 Å². The van der Waals surface area contributed by atoms with E-state index < -0.39 is 18.0 Å². The van der Waals surface area contributed by atoms with E-state index in [0.29, 0.717) is 18.6 Å². The van der Waals surface area contributed by atoms with Crippen LogP contribution in [0.3, 0.4) is 0 Å². The molecule has 0 saturated heterocycles. The summed E-state index contributed by atoms with van der Waals surface area (Å²) in [6.45, 7) is 2.05. The lowest BCUT2D eigenvalue weighted by Gasteiger charge is -2.09. The number of H-pyrrole nitrogens is 1. The Morgan fingerprint density at radius 1 is 1.38 bits per heavy atom. The third-order valence-corrected chi connectivity index (χ3v) is 3.22. The zero-order valence-corrected chi connectivity index (χ0v) is 12.0. The maximum absolute atomic E-state index is 11.6.